The number of nitrogens with zero attached hydrogens (tertiary/aromatic N) is 4. The maximum absolute atomic E-state index is 5.88. The Labute approximate surface area is 144 Å². The van der Waals surface area contributed by atoms with Gasteiger partial charge in [0.15, 0.2) is 5.82 Å². The van der Waals surface area contributed by atoms with E-state index in [4.69, 9.17) is 9.26 Å². The Bertz CT molecular complexity index is 976. The first-order chi connectivity index (χ1) is 12.3. The van der Waals surface area contributed by atoms with E-state index in [1.54, 1.807) is 6.33 Å². The van der Waals surface area contributed by atoms with E-state index >= 15 is 0 Å². The normalized spacial score (nSPS) is 10.8. The standard InChI is InChI=1S/C19H16N4O2/c1-2-18-21-19(25-22-18)17-12-23(13-20-17)14-7-6-10-16(11-14)24-15-8-4-3-5-9-15/h3-13H,2H2,1H3. The van der Waals surface area contributed by atoms with Crippen LogP contribution < -0.4 is 4.74 Å². The Morgan fingerprint density at radius 1 is 1.04 bits per heavy atom. The van der Waals surface area contributed by atoms with E-state index in [2.05, 4.69) is 15.1 Å². The Balaban J connectivity index is 1.59. The van der Waals surface area contributed by atoms with Gasteiger partial charge in [-0.15, -0.1) is 0 Å². The molecule has 0 N–H and O–H groups in total. The number of hydrogen-bond acceptors (Lipinski definition) is 5. The molecule has 0 saturated carbocycles. The van der Waals surface area contributed by atoms with Crippen molar-refractivity contribution in [2.24, 2.45) is 0 Å². The second-order valence-corrected chi connectivity index (χ2v) is 5.45. The Hall–Kier alpha value is -3.41. The van der Waals surface area contributed by atoms with Crippen molar-refractivity contribution in [2.45, 2.75) is 13.3 Å². The summed E-state index contributed by atoms with van der Waals surface area (Å²) in [6, 6.07) is 17.5. The van der Waals surface area contributed by atoms with Crippen LogP contribution in [-0.4, -0.2) is 19.7 Å². The van der Waals surface area contributed by atoms with E-state index in [9.17, 15) is 0 Å². The van der Waals surface area contributed by atoms with Crippen LogP contribution in [0.2, 0.25) is 0 Å². The van der Waals surface area contributed by atoms with Crippen molar-refractivity contribution in [3.8, 4) is 28.8 Å². The molecule has 0 aliphatic rings. The molecule has 2 aromatic heterocycles. The third-order valence-electron chi connectivity index (χ3n) is 3.68. The molecule has 0 bridgehead atoms. The van der Waals surface area contributed by atoms with Crippen molar-refractivity contribution in [3.63, 3.8) is 0 Å². The average Bonchev–Trinajstić information content (AvgIpc) is 3.32. The molecule has 0 fully saturated rings. The minimum absolute atomic E-state index is 0.423. The molecule has 0 spiro atoms. The van der Waals surface area contributed by atoms with Gasteiger partial charge in [-0.1, -0.05) is 36.3 Å². The van der Waals surface area contributed by atoms with Crippen molar-refractivity contribution < 1.29 is 9.26 Å². The lowest BCUT2D eigenvalue weighted by atomic mass is 10.3. The number of imidazole rings is 1. The Morgan fingerprint density at radius 2 is 1.88 bits per heavy atom. The summed E-state index contributed by atoms with van der Waals surface area (Å²) < 4.78 is 13.0. The smallest absolute Gasteiger partial charge is 0.278 e. The van der Waals surface area contributed by atoms with Crippen LogP contribution in [0.25, 0.3) is 17.3 Å². The second kappa shape index (κ2) is 6.60. The first-order valence-corrected chi connectivity index (χ1v) is 8.02. The number of aromatic nitrogens is 4. The second-order valence-electron chi connectivity index (χ2n) is 5.45. The van der Waals surface area contributed by atoms with Crippen LogP contribution in [0, 0.1) is 0 Å². The maximum Gasteiger partial charge on any atom is 0.278 e. The summed E-state index contributed by atoms with van der Waals surface area (Å²) in [6.45, 7) is 1.98. The molecular formula is C19H16N4O2. The lowest BCUT2D eigenvalue weighted by Gasteiger charge is -2.07. The number of ether oxygens (including phenoxy) is 1. The van der Waals surface area contributed by atoms with Gasteiger partial charge < -0.3 is 13.8 Å². The number of benzene rings is 2. The topological polar surface area (TPSA) is 66.0 Å². The zero-order valence-electron chi connectivity index (χ0n) is 13.7. The number of hydrogen-bond donors (Lipinski definition) is 0. The molecule has 0 amide bonds. The van der Waals surface area contributed by atoms with Crippen LogP contribution in [0.3, 0.4) is 0 Å². The highest BCUT2D eigenvalue weighted by atomic mass is 16.5. The predicted molar refractivity (Wildman–Crippen MR) is 92.8 cm³/mol. The van der Waals surface area contributed by atoms with Gasteiger partial charge in [-0.2, -0.15) is 4.98 Å². The van der Waals surface area contributed by atoms with Crippen LogP contribution >= 0.6 is 0 Å². The lowest BCUT2D eigenvalue weighted by molar-refractivity contribution is 0.422. The molecule has 2 heterocycles. The van der Waals surface area contributed by atoms with Gasteiger partial charge in [0.1, 0.15) is 23.5 Å². The van der Waals surface area contributed by atoms with Crippen molar-refractivity contribution in [3.05, 3.63) is 72.9 Å². The Kier molecular flexibility index (Phi) is 4.00. The molecule has 0 unspecified atom stereocenters. The number of para-hydroxylation sites is 1. The molecule has 4 rings (SSSR count). The minimum Gasteiger partial charge on any atom is -0.457 e. The van der Waals surface area contributed by atoms with Crippen LogP contribution in [-0.2, 0) is 6.42 Å². The predicted octanol–water partition coefficient (Wildman–Crippen LogP) is 4.28. The third kappa shape index (κ3) is 3.28. The van der Waals surface area contributed by atoms with E-state index < -0.39 is 0 Å². The largest absolute Gasteiger partial charge is 0.457 e. The molecule has 4 aromatic rings. The van der Waals surface area contributed by atoms with Gasteiger partial charge in [0.05, 0.1) is 5.69 Å². The molecule has 124 valence electrons. The van der Waals surface area contributed by atoms with E-state index in [0.29, 0.717) is 17.4 Å². The summed E-state index contributed by atoms with van der Waals surface area (Å²) in [6.07, 6.45) is 4.30. The van der Waals surface area contributed by atoms with Crippen LogP contribution in [0.5, 0.6) is 11.5 Å². The van der Waals surface area contributed by atoms with Gasteiger partial charge in [-0.3, -0.25) is 0 Å². The lowest BCUT2D eigenvalue weighted by Crippen LogP contribution is -1.91. The summed E-state index contributed by atoms with van der Waals surface area (Å²) in [7, 11) is 0. The summed E-state index contributed by atoms with van der Waals surface area (Å²) in [4.78, 5) is 8.65. The highest BCUT2D eigenvalue weighted by Crippen LogP contribution is 2.24. The third-order valence-corrected chi connectivity index (χ3v) is 3.68. The summed E-state index contributed by atoms with van der Waals surface area (Å²) in [5, 5.41) is 3.90. The van der Waals surface area contributed by atoms with Gasteiger partial charge in [-0.05, 0) is 24.3 Å². The monoisotopic (exact) mass is 332 g/mol. The zero-order valence-corrected chi connectivity index (χ0v) is 13.7. The summed E-state index contributed by atoms with van der Waals surface area (Å²) in [5.74, 6) is 2.64. The van der Waals surface area contributed by atoms with E-state index in [-0.39, 0.29) is 0 Å². The molecule has 0 aliphatic carbocycles. The fourth-order valence-corrected chi connectivity index (χ4v) is 2.41. The molecule has 0 aliphatic heterocycles. The molecular weight excluding hydrogens is 316 g/mol. The van der Waals surface area contributed by atoms with Gasteiger partial charge in [0.25, 0.3) is 5.89 Å². The minimum atomic E-state index is 0.423. The SMILES string of the molecule is CCc1noc(-c2cn(-c3cccc(Oc4ccccc4)c3)cn2)n1. The highest BCUT2D eigenvalue weighted by Gasteiger charge is 2.11. The van der Waals surface area contributed by atoms with Gasteiger partial charge in [0, 0.05) is 18.7 Å². The molecule has 6 nitrogen and oxygen atoms in total. The van der Waals surface area contributed by atoms with Gasteiger partial charge in [-0.25, -0.2) is 4.98 Å². The molecule has 0 radical (unpaired) electrons. The fourth-order valence-electron chi connectivity index (χ4n) is 2.41. The summed E-state index contributed by atoms with van der Waals surface area (Å²) in [5.41, 5.74) is 1.57. The molecule has 0 atom stereocenters. The summed E-state index contributed by atoms with van der Waals surface area (Å²) >= 11 is 0. The Morgan fingerprint density at radius 3 is 2.68 bits per heavy atom. The number of aryl methyl sites for hydroxylation is 1. The van der Waals surface area contributed by atoms with Crippen molar-refractivity contribution in [1.82, 2.24) is 19.7 Å². The van der Waals surface area contributed by atoms with Crippen molar-refractivity contribution in [2.75, 3.05) is 0 Å². The van der Waals surface area contributed by atoms with Gasteiger partial charge >= 0.3 is 0 Å². The van der Waals surface area contributed by atoms with Crippen molar-refractivity contribution in [1.29, 1.82) is 0 Å². The molecule has 2 aromatic carbocycles. The van der Waals surface area contributed by atoms with Crippen LogP contribution in [0.1, 0.15) is 12.7 Å². The molecule has 25 heavy (non-hydrogen) atoms. The van der Waals surface area contributed by atoms with Crippen molar-refractivity contribution >= 4 is 0 Å². The number of rotatable bonds is 5. The molecule has 0 saturated heterocycles. The maximum atomic E-state index is 5.88. The molecule has 6 heteroatoms. The highest BCUT2D eigenvalue weighted by molar-refractivity contribution is 5.48. The van der Waals surface area contributed by atoms with E-state index in [0.717, 1.165) is 23.6 Å². The van der Waals surface area contributed by atoms with Gasteiger partial charge in [0.2, 0.25) is 0 Å². The first kappa shape index (κ1) is 15.1. The van der Waals surface area contributed by atoms with E-state index in [1.807, 2.05) is 72.3 Å². The van der Waals surface area contributed by atoms with E-state index in [1.165, 1.54) is 0 Å². The zero-order chi connectivity index (χ0) is 17.1. The van der Waals surface area contributed by atoms with Crippen LogP contribution in [0.15, 0.2) is 71.6 Å². The average molecular weight is 332 g/mol. The fraction of sp³-hybridized carbons (Fsp3) is 0.105. The van der Waals surface area contributed by atoms with Crippen LogP contribution in [0.4, 0.5) is 0 Å². The first-order valence-electron chi connectivity index (χ1n) is 8.02. The quantitative estimate of drug-likeness (QED) is 0.546.